The largest absolute Gasteiger partial charge is 0.351 e. The predicted molar refractivity (Wildman–Crippen MR) is 91.0 cm³/mol. The van der Waals surface area contributed by atoms with E-state index in [0.717, 1.165) is 44.7 Å². The lowest BCUT2D eigenvalue weighted by Crippen LogP contribution is -2.56. The highest BCUT2D eigenvalue weighted by atomic mass is 16.2. The Morgan fingerprint density at radius 3 is 2.78 bits per heavy atom. The first kappa shape index (κ1) is 16.5. The zero-order valence-electron chi connectivity index (χ0n) is 14.4. The number of rotatable bonds is 4. The van der Waals surface area contributed by atoms with Gasteiger partial charge in [-0.05, 0) is 56.7 Å². The predicted octanol–water partition coefficient (Wildman–Crippen LogP) is 2.29. The molecule has 0 radical (unpaired) electrons. The molecule has 1 aromatic rings. The fourth-order valence-corrected chi connectivity index (χ4v) is 4.21. The van der Waals surface area contributed by atoms with E-state index in [0.29, 0.717) is 12.0 Å². The molecule has 1 aromatic heterocycles. The maximum atomic E-state index is 13.2. The van der Waals surface area contributed by atoms with Crippen molar-refractivity contribution in [1.82, 2.24) is 20.4 Å². The van der Waals surface area contributed by atoms with Crippen LogP contribution in [0.5, 0.6) is 0 Å². The number of nitrogens with zero attached hydrogens (tertiary/aromatic N) is 2. The molecule has 0 aromatic carbocycles. The monoisotopic (exact) mass is 318 g/mol. The van der Waals surface area contributed by atoms with E-state index in [4.69, 9.17) is 0 Å². The van der Waals surface area contributed by atoms with E-state index in [1.54, 1.807) is 6.20 Å². The van der Waals surface area contributed by atoms with Gasteiger partial charge in [-0.3, -0.25) is 9.48 Å². The van der Waals surface area contributed by atoms with Crippen LogP contribution in [0.25, 0.3) is 0 Å². The van der Waals surface area contributed by atoms with Gasteiger partial charge in [-0.25, -0.2) is 0 Å². The summed E-state index contributed by atoms with van der Waals surface area (Å²) in [6, 6.07) is 2.23. The molecular weight excluding hydrogens is 288 g/mol. The highest BCUT2D eigenvalue weighted by molar-refractivity contribution is 5.84. The smallest absolute Gasteiger partial charge is 0.248 e. The molecule has 2 aliphatic rings. The third-order valence-electron chi connectivity index (χ3n) is 5.79. The first-order chi connectivity index (χ1) is 11.1. The van der Waals surface area contributed by atoms with Crippen LogP contribution in [-0.2, 0) is 10.3 Å². The Kier molecular flexibility index (Phi) is 5.05. The number of hydrogen-bond donors (Lipinski definition) is 2. The van der Waals surface area contributed by atoms with Crippen LogP contribution >= 0.6 is 0 Å². The van der Waals surface area contributed by atoms with Gasteiger partial charge >= 0.3 is 0 Å². The van der Waals surface area contributed by atoms with E-state index < -0.39 is 5.54 Å². The summed E-state index contributed by atoms with van der Waals surface area (Å²) in [4.78, 5) is 13.2. The molecule has 2 heterocycles. The van der Waals surface area contributed by atoms with Crippen molar-refractivity contribution >= 4 is 5.91 Å². The first-order valence-corrected chi connectivity index (χ1v) is 9.13. The van der Waals surface area contributed by atoms with Gasteiger partial charge in [0.15, 0.2) is 0 Å². The van der Waals surface area contributed by atoms with Crippen molar-refractivity contribution < 1.29 is 4.79 Å². The second kappa shape index (κ2) is 7.04. The van der Waals surface area contributed by atoms with Crippen LogP contribution < -0.4 is 10.6 Å². The summed E-state index contributed by atoms with van der Waals surface area (Å²) in [6.45, 7) is 6.33. The maximum absolute atomic E-state index is 13.2. The molecule has 2 fully saturated rings. The molecule has 5 nitrogen and oxygen atoms in total. The average Bonchev–Trinajstić information content (AvgIpc) is 3.10. The molecule has 2 atom stereocenters. The molecule has 128 valence electrons. The maximum Gasteiger partial charge on any atom is 0.248 e. The van der Waals surface area contributed by atoms with E-state index in [-0.39, 0.29) is 5.91 Å². The summed E-state index contributed by atoms with van der Waals surface area (Å²) < 4.78 is 1.88. The number of carbonyl (C=O) groups is 1. The van der Waals surface area contributed by atoms with Gasteiger partial charge in [-0.2, -0.15) is 5.10 Å². The number of hydrogen-bond acceptors (Lipinski definition) is 3. The Bertz CT molecular complexity index is 505. The fraction of sp³-hybridized carbons (Fsp3) is 0.778. The highest BCUT2D eigenvalue weighted by Crippen LogP contribution is 2.32. The van der Waals surface area contributed by atoms with Crippen LogP contribution in [0, 0.1) is 11.8 Å². The Morgan fingerprint density at radius 1 is 1.35 bits per heavy atom. The molecule has 2 N–H and O–H groups in total. The molecular formula is C18H30N4O. The molecule has 23 heavy (non-hydrogen) atoms. The molecule has 1 aliphatic carbocycles. The van der Waals surface area contributed by atoms with Crippen LogP contribution in [0.4, 0.5) is 0 Å². The van der Waals surface area contributed by atoms with Crippen LogP contribution in [0.2, 0.25) is 0 Å². The third-order valence-corrected chi connectivity index (χ3v) is 5.79. The second-order valence-electron chi connectivity index (χ2n) is 7.57. The molecule has 1 saturated carbocycles. The number of aromatic nitrogens is 2. The van der Waals surface area contributed by atoms with Crippen molar-refractivity contribution in [2.45, 2.75) is 64.0 Å². The van der Waals surface area contributed by atoms with Gasteiger partial charge in [0.05, 0.1) is 0 Å². The second-order valence-corrected chi connectivity index (χ2v) is 7.57. The van der Waals surface area contributed by atoms with E-state index in [9.17, 15) is 4.79 Å². The van der Waals surface area contributed by atoms with Gasteiger partial charge in [-0.15, -0.1) is 0 Å². The normalized spacial score (nSPS) is 27.8. The third kappa shape index (κ3) is 3.44. The molecule has 2 unspecified atom stereocenters. The minimum atomic E-state index is -0.514. The lowest BCUT2D eigenvalue weighted by atomic mass is 9.78. The molecule has 5 heteroatoms. The van der Waals surface area contributed by atoms with Crippen LogP contribution in [0.1, 0.15) is 52.4 Å². The van der Waals surface area contributed by atoms with Gasteiger partial charge in [0.1, 0.15) is 5.54 Å². The molecule has 1 aliphatic heterocycles. The van der Waals surface area contributed by atoms with Crippen LogP contribution in [0.15, 0.2) is 18.5 Å². The highest BCUT2D eigenvalue weighted by Gasteiger charge is 2.43. The Hall–Kier alpha value is -1.36. The number of nitrogens with one attached hydrogen (secondary N) is 2. The van der Waals surface area contributed by atoms with Crippen LogP contribution in [-0.4, -0.2) is 34.8 Å². The van der Waals surface area contributed by atoms with E-state index in [2.05, 4.69) is 29.6 Å². The Morgan fingerprint density at radius 2 is 2.13 bits per heavy atom. The van der Waals surface area contributed by atoms with Crippen molar-refractivity contribution in [3.63, 3.8) is 0 Å². The zero-order chi connectivity index (χ0) is 16.3. The molecule has 1 amide bonds. The molecule has 0 spiro atoms. The van der Waals surface area contributed by atoms with E-state index in [1.165, 1.54) is 12.8 Å². The van der Waals surface area contributed by atoms with Crippen LogP contribution in [0.3, 0.4) is 0 Å². The minimum absolute atomic E-state index is 0.164. The number of carbonyl (C=O) groups excluding carboxylic acids is 1. The van der Waals surface area contributed by atoms with Crippen molar-refractivity contribution in [3.05, 3.63) is 18.5 Å². The quantitative estimate of drug-likeness (QED) is 0.895. The number of piperidine rings is 1. The average molecular weight is 318 g/mol. The molecule has 0 bridgehead atoms. The van der Waals surface area contributed by atoms with E-state index >= 15 is 0 Å². The van der Waals surface area contributed by atoms with Gasteiger partial charge < -0.3 is 10.6 Å². The first-order valence-electron chi connectivity index (χ1n) is 9.13. The van der Waals surface area contributed by atoms with Crippen molar-refractivity contribution in [2.24, 2.45) is 11.8 Å². The SMILES string of the molecule is CC(C)C1CCCC(NC(=O)C2(n3cccn3)CCNCC2)C1. The molecule has 1 saturated heterocycles. The van der Waals surface area contributed by atoms with Gasteiger partial charge in [0.2, 0.25) is 5.91 Å². The van der Waals surface area contributed by atoms with Crippen molar-refractivity contribution in [3.8, 4) is 0 Å². The van der Waals surface area contributed by atoms with Gasteiger partial charge in [0, 0.05) is 18.4 Å². The minimum Gasteiger partial charge on any atom is -0.351 e. The Balaban J connectivity index is 1.72. The fourth-order valence-electron chi connectivity index (χ4n) is 4.21. The lowest BCUT2D eigenvalue weighted by Gasteiger charge is -2.39. The summed E-state index contributed by atoms with van der Waals surface area (Å²) in [7, 11) is 0. The molecule has 3 rings (SSSR count). The topological polar surface area (TPSA) is 59.0 Å². The lowest BCUT2D eigenvalue weighted by molar-refractivity contribution is -0.133. The zero-order valence-corrected chi connectivity index (χ0v) is 14.4. The summed E-state index contributed by atoms with van der Waals surface area (Å²) >= 11 is 0. The van der Waals surface area contributed by atoms with Crippen molar-refractivity contribution in [2.75, 3.05) is 13.1 Å². The summed E-state index contributed by atoms with van der Waals surface area (Å²) in [6.07, 6.45) is 10.1. The Labute approximate surface area is 139 Å². The summed E-state index contributed by atoms with van der Waals surface area (Å²) in [5, 5.41) is 11.1. The van der Waals surface area contributed by atoms with E-state index in [1.807, 2.05) is 16.9 Å². The van der Waals surface area contributed by atoms with Gasteiger partial charge in [0.25, 0.3) is 0 Å². The standard InChI is InChI=1S/C18H30N4O/c1-14(2)15-5-3-6-16(13-15)21-17(23)18(7-10-19-11-8-18)22-12-4-9-20-22/h4,9,12,14-16,19H,3,5-8,10-11,13H2,1-2H3,(H,21,23). The van der Waals surface area contributed by atoms with Crippen molar-refractivity contribution in [1.29, 1.82) is 0 Å². The summed E-state index contributed by atoms with van der Waals surface area (Å²) in [5.74, 6) is 1.61. The number of amides is 1. The summed E-state index contributed by atoms with van der Waals surface area (Å²) in [5.41, 5.74) is -0.514. The van der Waals surface area contributed by atoms with Gasteiger partial charge in [-0.1, -0.05) is 26.7 Å².